The molecule has 17 heavy (non-hydrogen) atoms. The van der Waals surface area contributed by atoms with Crippen LogP contribution < -0.4 is 5.32 Å². The second-order valence-corrected chi connectivity index (χ2v) is 3.52. The van der Waals surface area contributed by atoms with Gasteiger partial charge in [-0.05, 0) is 18.1 Å². The number of azo groups is 1. The molecule has 0 aliphatic carbocycles. The lowest BCUT2D eigenvalue weighted by atomic mass is 10.1. The van der Waals surface area contributed by atoms with Crippen LogP contribution in [0.5, 0.6) is 0 Å². The molecule has 1 aromatic carbocycles. The third kappa shape index (κ3) is 2.44. The molecule has 0 saturated heterocycles. The molecule has 0 atom stereocenters. The van der Waals surface area contributed by atoms with Crippen molar-refractivity contribution in [1.29, 1.82) is 0 Å². The lowest BCUT2D eigenvalue weighted by molar-refractivity contribution is -0.116. The van der Waals surface area contributed by atoms with Crippen molar-refractivity contribution in [2.24, 2.45) is 15.2 Å². The van der Waals surface area contributed by atoms with Gasteiger partial charge in [-0.3, -0.25) is 10.1 Å². The Labute approximate surface area is 99.0 Å². The number of aliphatic imine (C=N–C) groups is 1. The Morgan fingerprint density at radius 1 is 1.35 bits per heavy atom. The minimum Gasteiger partial charge on any atom is -0.288 e. The van der Waals surface area contributed by atoms with Gasteiger partial charge in [-0.15, -0.1) is 10.2 Å². The number of amides is 1. The minimum atomic E-state index is -0.368. The van der Waals surface area contributed by atoms with Crippen LogP contribution in [0.4, 0.5) is 5.69 Å². The predicted octanol–water partition coefficient (Wildman–Crippen LogP) is 2.33. The van der Waals surface area contributed by atoms with Crippen molar-refractivity contribution in [3.8, 4) is 0 Å². The highest BCUT2D eigenvalue weighted by atomic mass is 16.2. The van der Waals surface area contributed by atoms with E-state index in [4.69, 9.17) is 0 Å². The zero-order valence-corrected chi connectivity index (χ0v) is 9.47. The van der Waals surface area contributed by atoms with Crippen LogP contribution in [0, 0.1) is 0 Å². The Morgan fingerprint density at radius 2 is 2.12 bits per heavy atom. The van der Waals surface area contributed by atoms with E-state index >= 15 is 0 Å². The summed E-state index contributed by atoms with van der Waals surface area (Å²) in [5.74, 6) is -0.170. The molecule has 0 bridgehead atoms. The van der Waals surface area contributed by atoms with Crippen molar-refractivity contribution in [3.63, 3.8) is 0 Å². The molecule has 0 radical (unpaired) electrons. The third-order valence-electron chi connectivity index (χ3n) is 2.35. The van der Waals surface area contributed by atoms with Gasteiger partial charge in [0.25, 0.3) is 5.91 Å². The van der Waals surface area contributed by atoms with Crippen LogP contribution in [0.1, 0.15) is 12.5 Å². The molecule has 0 aromatic heterocycles. The number of guanidine groups is 1. The first-order chi connectivity index (χ1) is 8.20. The molecule has 0 unspecified atom stereocenters. The molecule has 1 heterocycles. The zero-order chi connectivity index (χ0) is 12.3. The first-order valence-corrected chi connectivity index (χ1v) is 5.29. The topological polar surface area (TPSA) is 66.2 Å². The molecule has 0 fully saturated rings. The largest absolute Gasteiger partial charge is 0.288 e. The maximum Gasteiger partial charge on any atom is 0.277 e. The van der Waals surface area contributed by atoms with E-state index in [0.717, 1.165) is 17.7 Å². The molecule has 1 N–H and O–H groups in total. The molecule has 86 valence electrons. The molecule has 5 heteroatoms. The Hall–Kier alpha value is -2.30. The van der Waals surface area contributed by atoms with Gasteiger partial charge in [0.05, 0.1) is 5.69 Å². The fraction of sp³-hybridized carbons (Fsp3) is 0.167. The minimum absolute atomic E-state index is 0.0905. The van der Waals surface area contributed by atoms with Crippen molar-refractivity contribution in [2.45, 2.75) is 13.3 Å². The molecule has 0 spiro atoms. The normalized spacial score (nSPS) is 17.4. The molecule has 0 saturated carbocycles. The second kappa shape index (κ2) is 4.69. The van der Waals surface area contributed by atoms with Gasteiger partial charge < -0.3 is 0 Å². The van der Waals surface area contributed by atoms with Crippen LogP contribution in [0.25, 0.3) is 0 Å². The van der Waals surface area contributed by atoms with Crippen LogP contribution in [-0.4, -0.2) is 11.9 Å². The summed E-state index contributed by atoms with van der Waals surface area (Å²) in [6.07, 6.45) is 0.866. The van der Waals surface area contributed by atoms with Gasteiger partial charge in [0.1, 0.15) is 5.70 Å². The first kappa shape index (κ1) is 11.2. The maximum absolute atomic E-state index is 11.3. The number of benzene rings is 1. The van der Waals surface area contributed by atoms with E-state index in [2.05, 4.69) is 27.1 Å². The van der Waals surface area contributed by atoms with Crippen molar-refractivity contribution >= 4 is 17.6 Å². The van der Waals surface area contributed by atoms with E-state index in [9.17, 15) is 4.79 Å². The van der Waals surface area contributed by atoms with Crippen LogP contribution in [0.3, 0.4) is 0 Å². The molecule has 1 aliphatic rings. The number of para-hydroxylation sites is 1. The van der Waals surface area contributed by atoms with Crippen molar-refractivity contribution in [1.82, 2.24) is 5.32 Å². The highest BCUT2D eigenvalue weighted by Crippen LogP contribution is 2.19. The number of nitrogens with zero attached hydrogens (tertiary/aromatic N) is 3. The van der Waals surface area contributed by atoms with Gasteiger partial charge in [-0.25, -0.2) is 4.99 Å². The highest BCUT2D eigenvalue weighted by Gasteiger charge is 2.14. The summed E-state index contributed by atoms with van der Waals surface area (Å²) in [7, 11) is 0. The van der Waals surface area contributed by atoms with Crippen LogP contribution in [-0.2, 0) is 11.2 Å². The van der Waals surface area contributed by atoms with E-state index in [-0.39, 0.29) is 17.6 Å². The molecular formula is C12H12N4O. The number of hydrogen-bond donors (Lipinski definition) is 1. The highest BCUT2D eigenvalue weighted by molar-refractivity contribution is 6.07. The summed E-state index contributed by atoms with van der Waals surface area (Å²) in [6.45, 7) is 5.49. The number of aryl methyl sites for hydroxylation is 1. The van der Waals surface area contributed by atoms with Gasteiger partial charge in [0.2, 0.25) is 5.96 Å². The Morgan fingerprint density at radius 3 is 2.82 bits per heavy atom. The summed E-state index contributed by atoms with van der Waals surface area (Å²) in [5, 5.41) is 9.92. The van der Waals surface area contributed by atoms with Gasteiger partial charge in [0.15, 0.2) is 0 Å². The summed E-state index contributed by atoms with van der Waals surface area (Å²) >= 11 is 0. The van der Waals surface area contributed by atoms with Crippen molar-refractivity contribution in [2.75, 3.05) is 0 Å². The molecular weight excluding hydrogens is 216 g/mol. The van der Waals surface area contributed by atoms with E-state index < -0.39 is 0 Å². The average molecular weight is 228 g/mol. The molecule has 2 rings (SSSR count). The van der Waals surface area contributed by atoms with Gasteiger partial charge in [-0.2, -0.15) is 0 Å². The third-order valence-corrected chi connectivity index (χ3v) is 2.35. The van der Waals surface area contributed by atoms with E-state index in [1.165, 1.54) is 0 Å². The number of nitrogens with one attached hydrogen (secondary N) is 1. The second-order valence-electron chi connectivity index (χ2n) is 3.52. The number of carbonyl (C=O) groups is 1. The maximum atomic E-state index is 11.3. The summed E-state index contributed by atoms with van der Waals surface area (Å²) < 4.78 is 0. The van der Waals surface area contributed by atoms with Crippen molar-refractivity contribution < 1.29 is 4.79 Å². The zero-order valence-electron chi connectivity index (χ0n) is 9.47. The fourth-order valence-corrected chi connectivity index (χ4v) is 1.44. The molecule has 1 amide bonds. The van der Waals surface area contributed by atoms with Gasteiger partial charge in [-0.1, -0.05) is 31.7 Å². The van der Waals surface area contributed by atoms with Gasteiger partial charge in [0, 0.05) is 0 Å². The van der Waals surface area contributed by atoms with E-state index in [1.807, 2.05) is 31.2 Å². The molecule has 1 aromatic rings. The van der Waals surface area contributed by atoms with Gasteiger partial charge >= 0.3 is 0 Å². The first-order valence-electron chi connectivity index (χ1n) is 5.29. The monoisotopic (exact) mass is 228 g/mol. The van der Waals surface area contributed by atoms with E-state index in [0.29, 0.717) is 0 Å². The number of hydrogen-bond acceptors (Lipinski definition) is 3. The summed E-state index contributed by atoms with van der Waals surface area (Å²) in [5.41, 5.74) is 1.97. The van der Waals surface area contributed by atoms with Crippen LogP contribution in [0.15, 0.2) is 51.8 Å². The Bertz CT molecular complexity index is 531. The lowest BCUT2D eigenvalue weighted by Crippen LogP contribution is -2.32. The predicted molar refractivity (Wildman–Crippen MR) is 65.1 cm³/mol. The quantitative estimate of drug-likeness (QED) is 0.775. The summed E-state index contributed by atoms with van der Waals surface area (Å²) in [4.78, 5) is 15.6. The smallest absolute Gasteiger partial charge is 0.277 e. The standard InChI is InChI=1S/C12H12N4O/c1-3-9-6-4-5-7-10(9)13-12-14-11(17)8(2)15-16-12/h4-7H,2-3H2,1H3,(H,13,14,17). The Balaban J connectivity index is 2.34. The lowest BCUT2D eigenvalue weighted by Gasteiger charge is -2.09. The average Bonchev–Trinajstić information content (AvgIpc) is 2.34. The molecule has 1 aliphatic heterocycles. The van der Waals surface area contributed by atoms with Crippen molar-refractivity contribution in [3.05, 3.63) is 42.1 Å². The van der Waals surface area contributed by atoms with E-state index in [1.54, 1.807) is 0 Å². The summed E-state index contributed by atoms with van der Waals surface area (Å²) in [6, 6.07) is 7.70. The Kier molecular flexibility index (Phi) is 3.09. The van der Waals surface area contributed by atoms with Crippen LogP contribution in [0.2, 0.25) is 0 Å². The number of rotatable bonds is 2. The number of carbonyl (C=O) groups excluding carboxylic acids is 1. The van der Waals surface area contributed by atoms with Crippen LogP contribution >= 0.6 is 0 Å². The molecule has 5 nitrogen and oxygen atoms in total. The SMILES string of the molecule is C=C1N=NC(=Nc2ccccc2CC)NC1=O. The fourth-order valence-electron chi connectivity index (χ4n) is 1.44.